The number of nitrogens with one attached hydrogen (secondary N) is 1. The fourth-order valence-corrected chi connectivity index (χ4v) is 4.32. The number of carbonyl (C=O) groups is 1. The highest BCUT2D eigenvalue weighted by molar-refractivity contribution is 6.42. The van der Waals surface area contributed by atoms with Crippen molar-refractivity contribution in [2.24, 2.45) is 0 Å². The number of hydrogen-bond donors (Lipinski definition) is 1. The van der Waals surface area contributed by atoms with Gasteiger partial charge in [0, 0.05) is 17.8 Å². The Hall–Kier alpha value is -1.95. The molecule has 152 valence electrons. The lowest BCUT2D eigenvalue weighted by Crippen LogP contribution is -2.36. The van der Waals surface area contributed by atoms with Gasteiger partial charge in [-0.1, -0.05) is 54.1 Å². The first-order valence-electron chi connectivity index (χ1n) is 9.65. The van der Waals surface area contributed by atoms with E-state index in [1.807, 2.05) is 25.3 Å². The molecule has 0 bridgehead atoms. The Kier molecular flexibility index (Phi) is 5.91. The molecule has 2 heterocycles. The molecule has 1 aliphatic rings. The van der Waals surface area contributed by atoms with Gasteiger partial charge in [0.15, 0.2) is 5.69 Å². The van der Waals surface area contributed by atoms with Crippen molar-refractivity contribution in [3.63, 3.8) is 0 Å². The first kappa shape index (κ1) is 20.3. The minimum atomic E-state index is -0.169. The summed E-state index contributed by atoms with van der Waals surface area (Å²) in [6.45, 7) is 1.88. The quantitative estimate of drug-likeness (QED) is 0.529. The normalized spacial score (nSPS) is 14.9. The summed E-state index contributed by atoms with van der Waals surface area (Å²) in [5.74, 6) is 0.518. The molecule has 29 heavy (non-hydrogen) atoms. The first-order valence-corrected chi connectivity index (χ1v) is 10.8. The van der Waals surface area contributed by atoms with Gasteiger partial charge in [-0.3, -0.25) is 9.36 Å². The van der Waals surface area contributed by atoms with Gasteiger partial charge in [-0.15, -0.1) is 0 Å². The van der Waals surface area contributed by atoms with E-state index in [1.165, 1.54) is 6.42 Å². The van der Waals surface area contributed by atoms with Crippen LogP contribution in [0.15, 0.2) is 36.5 Å². The standard InChI is InChI=1S/C21H21Cl3N4O/c1-13-19(20(29)25-14-6-3-2-4-7-14)26-28(15-9-10-16(22)17(23)12-15)21(13)27-11-5-8-18(27)24/h5,8-12,14H,2-4,6-7H2,1H3,(H,25,29). The number of nitrogens with zero attached hydrogens (tertiary/aromatic N) is 3. The molecule has 8 heteroatoms. The van der Waals surface area contributed by atoms with E-state index in [0.29, 0.717) is 32.4 Å². The maximum Gasteiger partial charge on any atom is 0.272 e. The Bertz CT molecular complexity index is 1050. The second-order valence-electron chi connectivity index (χ2n) is 7.32. The molecule has 0 spiro atoms. The largest absolute Gasteiger partial charge is 0.348 e. The third-order valence-electron chi connectivity index (χ3n) is 5.32. The number of carbonyl (C=O) groups excluding carboxylic acids is 1. The summed E-state index contributed by atoms with van der Waals surface area (Å²) in [7, 11) is 0. The van der Waals surface area contributed by atoms with Crippen LogP contribution < -0.4 is 5.32 Å². The number of rotatable bonds is 4. The molecule has 3 aromatic rings. The molecule has 4 rings (SSSR count). The molecule has 2 aromatic heterocycles. The fourth-order valence-electron chi connectivity index (χ4n) is 3.81. The van der Waals surface area contributed by atoms with E-state index in [1.54, 1.807) is 27.4 Å². The van der Waals surface area contributed by atoms with Crippen molar-refractivity contribution in [1.82, 2.24) is 19.7 Å². The second kappa shape index (κ2) is 8.42. The van der Waals surface area contributed by atoms with E-state index in [-0.39, 0.29) is 11.9 Å². The van der Waals surface area contributed by atoms with Crippen LogP contribution in [-0.4, -0.2) is 26.3 Å². The van der Waals surface area contributed by atoms with E-state index in [0.717, 1.165) is 31.2 Å². The minimum Gasteiger partial charge on any atom is -0.348 e. The zero-order chi connectivity index (χ0) is 20.5. The Morgan fingerprint density at radius 3 is 2.52 bits per heavy atom. The highest BCUT2D eigenvalue weighted by Gasteiger charge is 2.25. The second-order valence-corrected chi connectivity index (χ2v) is 8.52. The Morgan fingerprint density at radius 1 is 1.10 bits per heavy atom. The van der Waals surface area contributed by atoms with E-state index in [9.17, 15) is 4.79 Å². The molecule has 1 amide bonds. The van der Waals surface area contributed by atoms with E-state index < -0.39 is 0 Å². The topological polar surface area (TPSA) is 51.9 Å². The molecule has 1 fully saturated rings. The Balaban J connectivity index is 1.79. The lowest BCUT2D eigenvalue weighted by Gasteiger charge is -2.22. The maximum atomic E-state index is 13.0. The van der Waals surface area contributed by atoms with Gasteiger partial charge in [-0.2, -0.15) is 5.10 Å². The molecule has 1 aliphatic carbocycles. The number of amides is 1. The minimum absolute atomic E-state index is 0.169. The van der Waals surface area contributed by atoms with Gasteiger partial charge in [0.1, 0.15) is 11.0 Å². The molecule has 1 saturated carbocycles. The van der Waals surface area contributed by atoms with Gasteiger partial charge < -0.3 is 5.32 Å². The summed E-state index contributed by atoms with van der Waals surface area (Å²) in [5.41, 5.74) is 1.81. The van der Waals surface area contributed by atoms with Crippen molar-refractivity contribution in [3.05, 3.63) is 63.0 Å². The monoisotopic (exact) mass is 450 g/mol. The van der Waals surface area contributed by atoms with Crippen molar-refractivity contribution in [3.8, 4) is 11.5 Å². The third kappa shape index (κ3) is 4.04. The third-order valence-corrected chi connectivity index (χ3v) is 6.37. The number of aromatic nitrogens is 3. The van der Waals surface area contributed by atoms with Gasteiger partial charge in [0.05, 0.1) is 15.7 Å². The summed E-state index contributed by atoms with van der Waals surface area (Å²) < 4.78 is 3.48. The van der Waals surface area contributed by atoms with E-state index >= 15 is 0 Å². The predicted octanol–water partition coefficient (Wildman–Crippen LogP) is 5.99. The Morgan fingerprint density at radius 2 is 1.86 bits per heavy atom. The maximum absolute atomic E-state index is 13.0. The smallest absolute Gasteiger partial charge is 0.272 e. The van der Waals surface area contributed by atoms with Crippen LogP contribution in [0.3, 0.4) is 0 Å². The molecule has 0 aliphatic heterocycles. The van der Waals surface area contributed by atoms with Crippen molar-refractivity contribution < 1.29 is 4.79 Å². The van der Waals surface area contributed by atoms with Crippen LogP contribution in [0.4, 0.5) is 0 Å². The molecular formula is C21H21Cl3N4O. The van der Waals surface area contributed by atoms with E-state index in [4.69, 9.17) is 34.8 Å². The average Bonchev–Trinajstić information content (AvgIpc) is 3.27. The number of hydrogen-bond acceptors (Lipinski definition) is 2. The molecular weight excluding hydrogens is 431 g/mol. The van der Waals surface area contributed by atoms with Crippen LogP contribution >= 0.6 is 34.8 Å². The summed E-state index contributed by atoms with van der Waals surface area (Å²) in [6, 6.07) is 9.07. The van der Waals surface area contributed by atoms with Crippen molar-refractivity contribution in [2.45, 2.75) is 45.1 Å². The molecule has 0 unspecified atom stereocenters. The van der Waals surface area contributed by atoms with Gasteiger partial charge >= 0.3 is 0 Å². The molecule has 0 saturated heterocycles. The summed E-state index contributed by atoms with van der Waals surface area (Å²) in [5, 5.41) is 9.17. The first-order chi connectivity index (χ1) is 14.0. The van der Waals surface area contributed by atoms with Crippen LogP contribution in [0, 0.1) is 6.92 Å². The van der Waals surface area contributed by atoms with Crippen LogP contribution in [0.25, 0.3) is 11.5 Å². The summed E-state index contributed by atoms with van der Waals surface area (Å²) in [6.07, 6.45) is 7.37. The van der Waals surface area contributed by atoms with E-state index in [2.05, 4.69) is 10.4 Å². The van der Waals surface area contributed by atoms with Crippen molar-refractivity contribution in [2.75, 3.05) is 0 Å². The summed E-state index contributed by atoms with van der Waals surface area (Å²) in [4.78, 5) is 13.0. The van der Waals surface area contributed by atoms with Crippen LogP contribution in [0.5, 0.6) is 0 Å². The van der Waals surface area contributed by atoms with Crippen LogP contribution in [0.2, 0.25) is 15.2 Å². The molecule has 0 atom stereocenters. The van der Waals surface area contributed by atoms with Crippen LogP contribution in [-0.2, 0) is 0 Å². The lowest BCUT2D eigenvalue weighted by atomic mass is 9.95. The molecule has 1 aromatic carbocycles. The molecule has 5 nitrogen and oxygen atoms in total. The highest BCUT2D eigenvalue weighted by atomic mass is 35.5. The zero-order valence-electron chi connectivity index (χ0n) is 16.0. The fraction of sp³-hybridized carbons (Fsp3) is 0.333. The number of halogens is 3. The zero-order valence-corrected chi connectivity index (χ0v) is 18.2. The van der Waals surface area contributed by atoms with Crippen molar-refractivity contribution >= 4 is 40.7 Å². The van der Waals surface area contributed by atoms with Crippen molar-refractivity contribution in [1.29, 1.82) is 0 Å². The average molecular weight is 452 g/mol. The number of benzene rings is 1. The highest BCUT2D eigenvalue weighted by Crippen LogP contribution is 2.29. The van der Waals surface area contributed by atoms with Gasteiger partial charge in [0.25, 0.3) is 5.91 Å². The van der Waals surface area contributed by atoms with Crippen LogP contribution in [0.1, 0.15) is 48.2 Å². The predicted molar refractivity (Wildman–Crippen MR) is 117 cm³/mol. The SMILES string of the molecule is Cc1c(C(=O)NC2CCCCC2)nn(-c2ccc(Cl)c(Cl)c2)c1-n1cccc1Cl. The van der Waals surface area contributed by atoms with Gasteiger partial charge in [-0.05, 0) is 50.1 Å². The molecule has 1 N–H and O–H groups in total. The lowest BCUT2D eigenvalue weighted by molar-refractivity contribution is 0.0921. The summed E-state index contributed by atoms with van der Waals surface area (Å²) >= 11 is 18.7. The van der Waals surface area contributed by atoms with Gasteiger partial charge in [0.2, 0.25) is 0 Å². The van der Waals surface area contributed by atoms with Gasteiger partial charge in [-0.25, -0.2) is 4.68 Å². The molecule has 0 radical (unpaired) electrons. The Labute approximate surface area is 184 Å².